The monoisotopic (exact) mass is 421 g/mol. The van der Waals surface area contributed by atoms with Gasteiger partial charge in [0.05, 0.1) is 24.7 Å². The molecule has 2 aromatic rings. The van der Waals surface area contributed by atoms with Crippen LogP contribution in [0.2, 0.25) is 0 Å². The van der Waals surface area contributed by atoms with Crippen molar-refractivity contribution >= 4 is 5.91 Å². The van der Waals surface area contributed by atoms with Crippen molar-refractivity contribution in [3.63, 3.8) is 0 Å². The van der Waals surface area contributed by atoms with Gasteiger partial charge in [0.25, 0.3) is 5.91 Å². The number of ether oxygens (including phenoxy) is 1. The molecule has 1 amide bonds. The van der Waals surface area contributed by atoms with Crippen molar-refractivity contribution in [2.24, 2.45) is 10.2 Å². The van der Waals surface area contributed by atoms with Gasteiger partial charge >= 0.3 is 0 Å². The van der Waals surface area contributed by atoms with Gasteiger partial charge in [-0.05, 0) is 52.7 Å². The molecule has 0 bridgehead atoms. The predicted molar refractivity (Wildman–Crippen MR) is 110 cm³/mol. The highest BCUT2D eigenvalue weighted by Gasteiger charge is 2.40. The summed E-state index contributed by atoms with van der Waals surface area (Å²) in [4.78, 5) is 20.8. The number of azide groups is 2. The molecule has 1 fully saturated rings. The van der Waals surface area contributed by atoms with Crippen LogP contribution in [0.25, 0.3) is 20.9 Å². The van der Waals surface area contributed by atoms with Crippen LogP contribution in [0.15, 0.2) is 58.8 Å². The van der Waals surface area contributed by atoms with Crippen LogP contribution in [-0.2, 0) is 16.0 Å². The normalized spacial score (nSPS) is 25.0. The smallest absolute Gasteiger partial charge is 0.252 e. The summed E-state index contributed by atoms with van der Waals surface area (Å²) < 4.78 is 19.3. The Hall–Kier alpha value is -3.58. The topological polar surface area (TPSA) is 127 Å². The zero-order valence-electron chi connectivity index (χ0n) is 16.6. The maximum Gasteiger partial charge on any atom is 0.252 e. The molecule has 158 valence electrons. The van der Waals surface area contributed by atoms with E-state index in [1.165, 1.54) is 12.1 Å². The number of hydrogen-bond acceptors (Lipinski definition) is 4. The van der Waals surface area contributed by atoms with Crippen molar-refractivity contribution in [2.45, 2.75) is 37.1 Å². The standard InChI is InChI=1S/C21H20FN7O2/c22-15-7-5-14(6-8-15)20-16-4-2-1-3-13(16)9-10-29(20)21(30)19-11-17(25-27-23)18(12-31-19)26-28-24/h1-8,17-20H,9-12H2/t17?,18?,19-,20+/m1/s1. The molecule has 0 aromatic heterocycles. The van der Waals surface area contributed by atoms with E-state index in [1.54, 1.807) is 17.0 Å². The van der Waals surface area contributed by atoms with Gasteiger partial charge in [-0.1, -0.05) is 46.6 Å². The number of fused-ring (bicyclic) bond motifs is 1. The minimum absolute atomic E-state index is 0.00417. The second kappa shape index (κ2) is 9.06. The molecular weight excluding hydrogens is 401 g/mol. The number of halogens is 1. The zero-order valence-corrected chi connectivity index (χ0v) is 16.6. The van der Waals surface area contributed by atoms with Crippen LogP contribution in [0.4, 0.5) is 4.39 Å². The van der Waals surface area contributed by atoms with Gasteiger partial charge in [0.15, 0.2) is 0 Å². The largest absolute Gasteiger partial charge is 0.368 e. The van der Waals surface area contributed by atoms with Gasteiger partial charge in [0.1, 0.15) is 11.9 Å². The third-order valence-electron chi connectivity index (χ3n) is 5.80. The van der Waals surface area contributed by atoms with Gasteiger partial charge in [-0.15, -0.1) is 0 Å². The first-order chi connectivity index (χ1) is 15.1. The van der Waals surface area contributed by atoms with Gasteiger partial charge in [-0.2, -0.15) is 0 Å². The minimum Gasteiger partial charge on any atom is -0.368 e. The van der Waals surface area contributed by atoms with Gasteiger partial charge in [-0.3, -0.25) is 4.79 Å². The maximum absolute atomic E-state index is 13.5. The average Bonchev–Trinajstić information content (AvgIpc) is 2.80. The van der Waals surface area contributed by atoms with Crippen LogP contribution in [0.5, 0.6) is 0 Å². The van der Waals surface area contributed by atoms with Crippen LogP contribution in [0, 0.1) is 5.82 Å². The number of carbonyl (C=O) groups is 1. The predicted octanol–water partition coefficient (Wildman–Crippen LogP) is 4.45. The summed E-state index contributed by atoms with van der Waals surface area (Å²) in [5.41, 5.74) is 20.5. The number of carbonyl (C=O) groups excluding carboxylic acids is 1. The molecule has 2 unspecified atom stereocenters. The fourth-order valence-corrected chi connectivity index (χ4v) is 4.30. The molecule has 1 saturated heterocycles. The molecule has 10 heteroatoms. The van der Waals surface area contributed by atoms with E-state index in [0.717, 1.165) is 16.7 Å². The Morgan fingerprint density at radius 3 is 2.52 bits per heavy atom. The van der Waals surface area contributed by atoms with E-state index in [0.29, 0.717) is 13.0 Å². The lowest BCUT2D eigenvalue weighted by atomic mass is 9.87. The van der Waals surface area contributed by atoms with Crippen LogP contribution >= 0.6 is 0 Å². The van der Waals surface area contributed by atoms with Gasteiger partial charge in [0.2, 0.25) is 0 Å². The van der Waals surface area contributed by atoms with E-state index in [-0.39, 0.29) is 30.8 Å². The fraction of sp³-hybridized carbons (Fsp3) is 0.381. The molecule has 4 rings (SSSR count). The van der Waals surface area contributed by atoms with Crippen molar-refractivity contribution in [3.05, 3.63) is 91.9 Å². The van der Waals surface area contributed by atoms with Crippen LogP contribution in [0.3, 0.4) is 0 Å². The molecule has 9 nitrogen and oxygen atoms in total. The Morgan fingerprint density at radius 1 is 1.06 bits per heavy atom. The summed E-state index contributed by atoms with van der Waals surface area (Å²) in [7, 11) is 0. The third kappa shape index (κ3) is 4.18. The van der Waals surface area contributed by atoms with Crippen LogP contribution < -0.4 is 0 Å². The molecule has 2 heterocycles. The molecule has 0 radical (unpaired) electrons. The van der Waals surface area contributed by atoms with Gasteiger partial charge in [0, 0.05) is 16.4 Å². The minimum atomic E-state index is -0.825. The molecule has 0 aliphatic carbocycles. The first-order valence-corrected chi connectivity index (χ1v) is 9.96. The van der Waals surface area contributed by atoms with E-state index in [9.17, 15) is 9.18 Å². The Labute approximate surface area is 177 Å². The summed E-state index contributed by atoms with van der Waals surface area (Å²) in [6, 6.07) is 12.3. The Balaban J connectivity index is 1.65. The molecular formula is C21H20FN7O2. The fourth-order valence-electron chi connectivity index (χ4n) is 4.30. The van der Waals surface area contributed by atoms with Gasteiger partial charge in [-0.25, -0.2) is 4.39 Å². The molecule has 0 N–H and O–H groups in total. The highest BCUT2D eigenvalue weighted by atomic mass is 19.1. The number of hydrogen-bond donors (Lipinski definition) is 0. The second-order valence-electron chi connectivity index (χ2n) is 7.54. The Morgan fingerprint density at radius 2 is 1.77 bits per heavy atom. The summed E-state index contributed by atoms with van der Waals surface area (Å²) in [5.74, 6) is -0.580. The quantitative estimate of drug-likeness (QED) is 0.411. The lowest BCUT2D eigenvalue weighted by molar-refractivity contribution is -0.149. The summed E-state index contributed by atoms with van der Waals surface area (Å²) in [6.45, 7) is 0.472. The average molecular weight is 421 g/mol. The summed E-state index contributed by atoms with van der Waals surface area (Å²) >= 11 is 0. The molecule has 2 aromatic carbocycles. The van der Waals surface area contributed by atoms with Crippen molar-refractivity contribution in [2.75, 3.05) is 13.2 Å². The number of nitrogens with zero attached hydrogens (tertiary/aromatic N) is 7. The number of benzene rings is 2. The van der Waals surface area contributed by atoms with Crippen LogP contribution in [-0.4, -0.2) is 42.1 Å². The Bertz CT molecular complexity index is 1060. The van der Waals surface area contributed by atoms with Crippen LogP contribution in [0.1, 0.15) is 29.2 Å². The molecule has 31 heavy (non-hydrogen) atoms. The SMILES string of the molecule is [N-]=[N+]=NC1CO[C@@H](C(=O)N2CCc3ccccc3[C@@H]2c2ccc(F)cc2)CC1N=[N+]=[N-]. The lowest BCUT2D eigenvalue weighted by Crippen LogP contribution is -2.50. The van der Waals surface area contributed by atoms with E-state index >= 15 is 0 Å². The molecule has 2 aliphatic heterocycles. The van der Waals surface area contributed by atoms with Crippen molar-refractivity contribution < 1.29 is 13.9 Å². The van der Waals surface area contributed by atoms with E-state index in [1.807, 2.05) is 24.3 Å². The maximum atomic E-state index is 13.5. The first-order valence-electron chi connectivity index (χ1n) is 9.96. The molecule has 4 atom stereocenters. The second-order valence-corrected chi connectivity index (χ2v) is 7.54. The van der Waals surface area contributed by atoms with Crippen molar-refractivity contribution in [1.29, 1.82) is 0 Å². The summed E-state index contributed by atoms with van der Waals surface area (Å²) in [5, 5.41) is 7.33. The highest BCUT2D eigenvalue weighted by Crippen LogP contribution is 2.36. The zero-order chi connectivity index (χ0) is 21.8. The summed E-state index contributed by atoms with van der Waals surface area (Å²) in [6.07, 6.45) is -0.0113. The lowest BCUT2D eigenvalue weighted by Gasteiger charge is -2.41. The first kappa shape index (κ1) is 20.7. The van der Waals surface area contributed by atoms with Crippen molar-refractivity contribution in [3.8, 4) is 0 Å². The highest BCUT2D eigenvalue weighted by molar-refractivity contribution is 5.82. The molecule has 2 aliphatic rings. The van der Waals surface area contributed by atoms with Crippen molar-refractivity contribution in [1.82, 2.24) is 4.90 Å². The molecule has 0 spiro atoms. The van der Waals surface area contributed by atoms with E-state index < -0.39 is 18.2 Å². The molecule has 0 saturated carbocycles. The van der Waals surface area contributed by atoms with E-state index in [2.05, 4.69) is 20.1 Å². The van der Waals surface area contributed by atoms with Gasteiger partial charge < -0.3 is 9.64 Å². The number of amides is 1. The Kier molecular flexibility index (Phi) is 6.04. The van der Waals surface area contributed by atoms with E-state index in [4.69, 9.17) is 15.8 Å². The third-order valence-corrected chi connectivity index (χ3v) is 5.80. The number of rotatable bonds is 4.